The van der Waals surface area contributed by atoms with Gasteiger partial charge in [0.1, 0.15) is 0 Å². The second-order valence-electron chi connectivity index (χ2n) is 1.31. The van der Waals surface area contributed by atoms with Gasteiger partial charge in [-0.3, -0.25) is 5.73 Å². The zero-order valence-electron chi connectivity index (χ0n) is 3.78. The fourth-order valence-electron chi connectivity index (χ4n) is 0. The summed E-state index contributed by atoms with van der Waals surface area (Å²) in [6.07, 6.45) is 0.972. The first-order chi connectivity index (χ1) is 2.27. The maximum Gasteiger partial charge on any atom is 0.0182 e. The zero-order chi connectivity index (χ0) is 4.28. The van der Waals surface area contributed by atoms with Crippen LogP contribution in [0.5, 0.6) is 0 Å². The highest BCUT2D eigenvalue weighted by Gasteiger charge is 1.81. The summed E-state index contributed by atoms with van der Waals surface area (Å²) in [5.41, 5.74) is 6.83. The van der Waals surface area contributed by atoms with Gasteiger partial charge in [0.05, 0.1) is 0 Å². The Morgan fingerprint density at radius 2 is 2.00 bits per heavy atom. The molecule has 0 heterocycles. The van der Waals surface area contributed by atoms with Crippen LogP contribution in [0.15, 0.2) is 0 Å². The van der Waals surface area contributed by atoms with E-state index in [9.17, 15) is 0 Å². The lowest BCUT2D eigenvalue weighted by atomic mass is 10.3. The predicted molar refractivity (Wildman–Crippen MR) is 22.8 cm³/mol. The molecule has 0 aromatic carbocycles. The Morgan fingerprint density at radius 3 is 2.00 bits per heavy atom. The second-order valence-corrected chi connectivity index (χ2v) is 1.31. The van der Waals surface area contributed by atoms with Gasteiger partial charge in [-0.1, -0.05) is 6.92 Å². The van der Waals surface area contributed by atoms with Gasteiger partial charge in [-0.15, -0.1) is 0 Å². The maximum atomic E-state index is 6.83. The molecule has 1 nitrogen and oxygen atoms in total. The average Bonchev–Trinajstić information content (AvgIpc) is 1.38. The van der Waals surface area contributed by atoms with E-state index in [4.69, 9.17) is 5.73 Å². The van der Waals surface area contributed by atoms with Crippen molar-refractivity contribution in [1.29, 1.82) is 0 Å². The molecule has 0 bridgehead atoms. The molecule has 31 valence electrons. The van der Waals surface area contributed by atoms with Gasteiger partial charge in [0.15, 0.2) is 0 Å². The van der Waals surface area contributed by atoms with E-state index in [-0.39, 0.29) is 6.04 Å². The average molecular weight is 72.1 g/mol. The lowest BCUT2D eigenvalue weighted by molar-refractivity contribution is 0.693. The van der Waals surface area contributed by atoms with Crippen molar-refractivity contribution in [3.05, 3.63) is 0 Å². The van der Waals surface area contributed by atoms with Gasteiger partial charge in [-0.25, -0.2) is 0 Å². The standard InChI is InChI=1S/C4H10N/c1-3-4(2)5/h4-5H,3H2,1-2H3/t4-/m1/s1. The lowest BCUT2D eigenvalue weighted by Crippen LogP contribution is -1.96. The molecule has 0 amide bonds. The van der Waals surface area contributed by atoms with Crippen molar-refractivity contribution in [1.82, 2.24) is 5.73 Å². The van der Waals surface area contributed by atoms with E-state index in [1.807, 2.05) is 13.8 Å². The molecule has 0 fully saturated rings. The Hall–Kier alpha value is -0.0400. The van der Waals surface area contributed by atoms with Crippen LogP contribution in [-0.2, 0) is 0 Å². The van der Waals surface area contributed by atoms with Crippen LogP contribution in [0, 0.1) is 0 Å². The van der Waals surface area contributed by atoms with Crippen molar-refractivity contribution in [3.8, 4) is 0 Å². The first kappa shape index (κ1) is 4.96. The molecule has 0 spiro atoms. The van der Waals surface area contributed by atoms with Crippen LogP contribution >= 0.6 is 0 Å². The van der Waals surface area contributed by atoms with Crippen molar-refractivity contribution in [2.75, 3.05) is 0 Å². The Kier molecular flexibility index (Phi) is 2.19. The van der Waals surface area contributed by atoms with Crippen LogP contribution in [0.4, 0.5) is 0 Å². The third kappa shape index (κ3) is 3.96. The van der Waals surface area contributed by atoms with Gasteiger partial charge in [0.2, 0.25) is 0 Å². The topological polar surface area (TPSA) is 23.8 Å². The van der Waals surface area contributed by atoms with E-state index in [1.54, 1.807) is 0 Å². The van der Waals surface area contributed by atoms with Gasteiger partial charge in [0, 0.05) is 6.04 Å². The molecule has 0 aliphatic heterocycles. The summed E-state index contributed by atoms with van der Waals surface area (Å²) in [5.74, 6) is 0. The highest BCUT2D eigenvalue weighted by Crippen LogP contribution is 1.80. The molecule has 1 N–H and O–H groups in total. The van der Waals surface area contributed by atoms with Crippen LogP contribution in [0.25, 0.3) is 0 Å². The number of hydrogen-bond donors (Lipinski definition) is 0. The van der Waals surface area contributed by atoms with Crippen molar-refractivity contribution >= 4 is 0 Å². The van der Waals surface area contributed by atoms with Crippen LogP contribution < -0.4 is 5.73 Å². The summed E-state index contributed by atoms with van der Waals surface area (Å²) >= 11 is 0. The Labute approximate surface area is 33.2 Å². The third-order valence-electron chi connectivity index (χ3n) is 0.612. The lowest BCUT2D eigenvalue weighted by Gasteiger charge is -1.89. The fraction of sp³-hybridized carbons (Fsp3) is 1.00. The smallest absolute Gasteiger partial charge is 0.0182 e. The summed E-state index contributed by atoms with van der Waals surface area (Å²) in [6.45, 7) is 3.90. The summed E-state index contributed by atoms with van der Waals surface area (Å²) < 4.78 is 0. The van der Waals surface area contributed by atoms with Gasteiger partial charge < -0.3 is 0 Å². The van der Waals surface area contributed by atoms with E-state index in [2.05, 4.69) is 0 Å². The molecule has 1 heteroatoms. The minimum absolute atomic E-state index is 0.134. The van der Waals surface area contributed by atoms with E-state index < -0.39 is 0 Å². The summed E-state index contributed by atoms with van der Waals surface area (Å²) in [4.78, 5) is 0. The Balaban J connectivity index is 2.54. The molecule has 0 aliphatic carbocycles. The molecule has 1 atom stereocenters. The molecule has 0 aromatic rings. The second kappa shape index (κ2) is 2.21. The number of rotatable bonds is 1. The normalized spacial score (nSPS) is 15.0. The Bertz CT molecular complexity index is 17.6. The maximum absolute atomic E-state index is 6.83. The molecular weight excluding hydrogens is 62.1 g/mol. The number of nitrogens with one attached hydrogen (secondary N) is 1. The molecule has 0 aliphatic rings. The molecule has 5 heavy (non-hydrogen) atoms. The minimum Gasteiger partial charge on any atom is -0.255 e. The quantitative estimate of drug-likeness (QED) is 0.442. The van der Waals surface area contributed by atoms with Crippen molar-refractivity contribution in [2.24, 2.45) is 0 Å². The fourth-order valence-corrected chi connectivity index (χ4v) is 0. The SMILES string of the molecule is CC[C@@H](C)[NH]. The highest BCUT2D eigenvalue weighted by atomic mass is 14.6. The summed E-state index contributed by atoms with van der Waals surface area (Å²) in [7, 11) is 0. The van der Waals surface area contributed by atoms with E-state index in [0.717, 1.165) is 6.42 Å². The molecule has 0 saturated heterocycles. The van der Waals surface area contributed by atoms with E-state index in [1.165, 1.54) is 0 Å². The van der Waals surface area contributed by atoms with Crippen LogP contribution in [0.2, 0.25) is 0 Å². The molecule has 0 rings (SSSR count). The third-order valence-corrected chi connectivity index (χ3v) is 0.612. The largest absolute Gasteiger partial charge is 0.255 e. The predicted octanol–water partition coefficient (Wildman–Crippen LogP) is 1.07. The van der Waals surface area contributed by atoms with Gasteiger partial charge in [-0.05, 0) is 13.3 Å². The molecular formula is C4H10N. The van der Waals surface area contributed by atoms with Crippen LogP contribution in [-0.4, -0.2) is 6.04 Å². The zero-order valence-corrected chi connectivity index (χ0v) is 3.78. The number of hydrogen-bond acceptors (Lipinski definition) is 0. The summed E-state index contributed by atoms with van der Waals surface area (Å²) in [5, 5.41) is 0. The molecule has 0 aromatic heterocycles. The van der Waals surface area contributed by atoms with E-state index in [0.29, 0.717) is 0 Å². The first-order valence-electron chi connectivity index (χ1n) is 1.98. The monoisotopic (exact) mass is 72.1 g/mol. The van der Waals surface area contributed by atoms with Crippen LogP contribution in [0.3, 0.4) is 0 Å². The van der Waals surface area contributed by atoms with E-state index >= 15 is 0 Å². The Morgan fingerprint density at radius 1 is 1.80 bits per heavy atom. The van der Waals surface area contributed by atoms with Gasteiger partial charge in [-0.2, -0.15) is 0 Å². The minimum atomic E-state index is 0.134. The van der Waals surface area contributed by atoms with Gasteiger partial charge >= 0.3 is 0 Å². The molecule has 1 radical (unpaired) electrons. The highest BCUT2D eigenvalue weighted by molar-refractivity contribution is 4.42. The summed E-state index contributed by atoms with van der Waals surface area (Å²) in [6, 6.07) is 0.134. The van der Waals surface area contributed by atoms with Gasteiger partial charge in [0.25, 0.3) is 0 Å². The van der Waals surface area contributed by atoms with Crippen molar-refractivity contribution in [3.63, 3.8) is 0 Å². The van der Waals surface area contributed by atoms with Crippen LogP contribution in [0.1, 0.15) is 20.3 Å². The van der Waals surface area contributed by atoms with Crippen molar-refractivity contribution < 1.29 is 0 Å². The van der Waals surface area contributed by atoms with Crippen molar-refractivity contribution in [2.45, 2.75) is 26.3 Å². The molecule has 0 unspecified atom stereocenters. The first-order valence-corrected chi connectivity index (χ1v) is 1.98. The molecule has 0 saturated carbocycles.